The zero-order valence-corrected chi connectivity index (χ0v) is 12.3. The zero-order chi connectivity index (χ0) is 15.0. The predicted molar refractivity (Wildman–Crippen MR) is 78.5 cm³/mol. The molecular weight excluding hydrogens is 269 g/mol. The van der Waals surface area contributed by atoms with Gasteiger partial charge in [-0.25, -0.2) is 4.39 Å². The molecule has 1 aliphatic heterocycles. The third kappa shape index (κ3) is 2.82. The molecule has 1 saturated heterocycles. The highest BCUT2D eigenvalue weighted by molar-refractivity contribution is 5.74. The fraction of sp³-hybridized carbons (Fsp3) is 0.588. The Labute approximate surface area is 124 Å². The number of benzene rings is 1. The van der Waals surface area contributed by atoms with Crippen molar-refractivity contribution in [2.75, 3.05) is 6.54 Å². The molecule has 114 valence electrons. The molecule has 1 aromatic rings. The summed E-state index contributed by atoms with van der Waals surface area (Å²) >= 11 is 0. The summed E-state index contributed by atoms with van der Waals surface area (Å²) < 4.78 is 13.3. The molecule has 3 rings (SSSR count). The van der Waals surface area contributed by atoms with Gasteiger partial charge in [0.05, 0.1) is 0 Å². The monoisotopic (exact) mass is 291 g/mol. The Hall–Kier alpha value is -1.42. The lowest BCUT2D eigenvalue weighted by atomic mass is 9.94. The fourth-order valence-corrected chi connectivity index (χ4v) is 4.24. The highest BCUT2D eigenvalue weighted by atomic mass is 19.1. The van der Waals surface area contributed by atoms with Crippen molar-refractivity contribution in [2.24, 2.45) is 11.8 Å². The van der Waals surface area contributed by atoms with E-state index < -0.39 is 5.97 Å². The first-order valence-corrected chi connectivity index (χ1v) is 7.79. The summed E-state index contributed by atoms with van der Waals surface area (Å²) in [5.41, 5.74) is 0.934. The van der Waals surface area contributed by atoms with E-state index in [9.17, 15) is 14.3 Å². The van der Waals surface area contributed by atoms with Gasteiger partial charge in [0, 0.05) is 12.6 Å². The first kappa shape index (κ1) is 14.5. The van der Waals surface area contributed by atoms with E-state index in [1.165, 1.54) is 6.07 Å². The Balaban J connectivity index is 1.74. The van der Waals surface area contributed by atoms with Crippen molar-refractivity contribution >= 4 is 5.97 Å². The average Bonchev–Trinajstić information content (AvgIpc) is 2.97. The van der Waals surface area contributed by atoms with Crippen LogP contribution in [0, 0.1) is 17.7 Å². The normalized spacial score (nSPS) is 30.3. The molecule has 1 aliphatic carbocycles. The number of likely N-dealkylation sites (tertiary alicyclic amines) is 1. The number of nitrogens with zero attached hydrogens (tertiary/aromatic N) is 1. The van der Waals surface area contributed by atoms with Crippen molar-refractivity contribution in [3.8, 4) is 0 Å². The van der Waals surface area contributed by atoms with Gasteiger partial charge in [-0.3, -0.25) is 9.69 Å². The molecule has 0 spiro atoms. The number of rotatable bonds is 4. The van der Waals surface area contributed by atoms with Gasteiger partial charge in [0.1, 0.15) is 11.9 Å². The molecule has 0 amide bonds. The highest BCUT2D eigenvalue weighted by Crippen LogP contribution is 2.43. The Bertz CT molecular complexity index is 533. The highest BCUT2D eigenvalue weighted by Gasteiger charge is 2.48. The minimum absolute atomic E-state index is 0.124. The van der Waals surface area contributed by atoms with Gasteiger partial charge in [0.15, 0.2) is 0 Å². The van der Waals surface area contributed by atoms with E-state index in [1.807, 2.05) is 6.07 Å². The first-order chi connectivity index (χ1) is 10.1. The minimum Gasteiger partial charge on any atom is -0.480 e. The van der Waals surface area contributed by atoms with Crippen LogP contribution >= 0.6 is 0 Å². The first-order valence-electron chi connectivity index (χ1n) is 7.79. The van der Waals surface area contributed by atoms with Crippen molar-refractivity contribution in [3.05, 3.63) is 35.6 Å². The molecule has 4 heteroatoms. The molecular formula is C17H22FNO2. The van der Waals surface area contributed by atoms with Crippen molar-refractivity contribution in [3.63, 3.8) is 0 Å². The molecule has 3 nitrogen and oxygen atoms in total. The van der Waals surface area contributed by atoms with Gasteiger partial charge in [-0.15, -0.1) is 0 Å². The third-order valence-corrected chi connectivity index (χ3v) is 5.17. The predicted octanol–water partition coefficient (Wildman–Crippen LogP) is 2.94. The number of hydrogen-bond acceptors (Lipinski definition) is 2. The van der Waals surface area contributed by atoms with Gasteiger partial charge in [-0.2, -0.15) is 0 Å². The number of hydrogen-bond donors (Lipinski definition) is 1. The van der Waals surface area contributed by atoms with E-state index in [2.05, 4.69) is 11.8 Å². The summed E-state index contributed by atoms with van der Waals surface area (Å²) in [4.78, 5) is 13.8. The maximum absolute atomic E-state index is 13.3. The average molecular weight is 291 g/mol. The van der Waals surface area contributed by atoms with Gasteiger partial charge in [0.2, 0.25) is 0 Å². The molecule has 1 aromatic carbocycles. The SMILES string of the molecule is CC(Cc1cccc(F)c1)N1CC2CCCC2C1C(=O)O. The number of carboxylic acids is 1. The van der Waals surface area contributed by atoms with Gasteiger partial charge >= 0.3 is 5.97 Å². The Morgan fingerprint density at radius 3 is 3.00 bits per heavy atom. The fourth-order valence-electron chi connectivity index (χ4n) is 4.24. The number of carbonyl (C=O) groups is 1. The number of fused-ring (bicyclic) bond motifs is 1. The Morgan fingerprint density at radius 2 is 2.29 bits per heavy atom. The lowest BCUT2D eigenvalue weighted by Gasteiger charge is -2.30. The van der Waals surface area contributed by atoms with Crippen LogP contribution in [-0.2, 0) is 11.2 Å². The Morgan fingerprint density at radius 1 is 1.48 bits per heavy atom. The van der Waals surface area contributed by atoms with E-state index in [0.29, 0.717) is 18.3 Å². The molecule has 1 saturated carbocycles. The van der Waals surface area contributed by atoms with Crippen LogP contribution in [0.5, 0.6) is 0 Å². The van der Waals surface area contributed by atoms with Crippen molar-refractivity contribution < 1.29 is 14.3 Å². The van der Waals surface area contributed by atoms with Crippen LogP contribution in [0.1, 0.15) is 31.7 Å². The molecule has 0 aromatic heterocycles. The molecule has 2 aliphatic rings. The maximum Gasteiger partial charge on any atom is 0.321 e. The molecule has 1 heterocycles. The maximum atomic E-state index is 13.3. The minimum atomic E-state index is -0.699. The molecule has 4 atom stereocenters. The number of halogens is 1. The van der Waals surface area contributed by atoms with Gasteiger partial charge in [-0.05, 0) is 55.7 Å². The topological polar surface area (TPSA) is 40.5 Å². The van der Waals surface area contributed by atoms with E-state index in [0.717, 1.165) is 31.4 Å². The summed E-state index contributed by atoms with van der Waals surface area (Å²) in [6.07, 6.45) is 4.04. The van der Waals surface area contributed by atoms with Crippen LogP contribution in [0.3, 0.4) is 0 Å². The Kier molecular flexibility index (Phi) is 3.98. The molecule has 1 N–H and O–H groups in total. The van der Waals surface area contributed by atoms with Crippen LogP contribution in [0.4, 0.5) is 4.39 Å². The van der Waals surface area contributed by atoms with E-state index >= 15 is 0 Å². The largest absolute Gasteiger partial charge is 0.480 e. The van der Waals surface area contributed by atoms with E-state index in [-0.39, 0.29) is 17.9 Å². The third-order valence-electron chi connectivity index (χ3n) is 5.17. The summed E-state index contributed by atoms with van der Waals surface area (Å²) in [6, 6.07) is 6.37. The van der Waals surface area contributed by atoms with E-state index in [4.69, 9.17) is 0 Å². The molecule has 0 radical (unpaired) electrons. The van der Waals surface area contributed by atoms with Gasteiger partial charge < -0.3 is 5.11 Å². The summed E-state index contributed by atoms with van der Waals surface area (Å²) in [5.74, 6) is -0.0956. The molecule has 4 unspecified atom stereocenters. The quantitative estimate of drug-likeness (QED) is 0.927. The summed E-state index contributed by atoms with van der Waals surface area (Å²) in [6.45, 7) is 2.93. The molecule has 0 bridgehead atoms. The summed E-state index contributed by atoms with van der Waals surface area (Å²) in [7, 11) is 0. The molecule has 21 heavy (non-hydrogen) atoms. The standard InChI is InChI=1S/C17H22FNO2/c1-11(8-12-4-2-6-14(18)9-12)19-10-13-5-3-7-15(13)16(19)17(20)21/h2,4,6,9,11,13,15-16H,3,5,7-8,10H2,1H3,(H,20,21). The van der Waals surface area contributed by atoms with Gasteiger partial charge in [0.25, 0.3) is 0 Å². The van der Waals surface area contributed by atoms with Crippen LogP contribution in [0.15, 0.2) is 24.3 Å². The van der Waals surface area contributed by atoms with Crippen molar-refractivity contribution in [1.82, 2.24) is 4.90 Å². The van der Waals surface area contributed by atoms with Crippen LogP contribution in [0.2, 0.25) is 0 Å². The number of aliphatic carboxylic acids is 1. The lowest BCUT2D eigenvalue weighted by molar-refractivity contribution is -0.144. The van der Waals surface area contributed by atoms with Crippen LogP contribution in [-0.4, -0.2) is 34.6 Å². The van der Waals surface area contributed by atoms with Crippen LogP contribution in [0.25, 0.3) is 0 Å². The molecule has 2 fully saturated rings. The number of carboxylic acid groups (broad SMARTS) is 1. The zero-order valence-electron chi connectivity index (χ0n) is 12.3. The smallest absolute Gasteiger partial charge is 0.321 e. The van der Waals surface area contributed by atoms with Crippen molar-refractivity contribution in [1.29, 1.82) is 0 Å². The van der Waals surface area contributed by atoms with Crippen LogP contribution < -0.4 is 0 Å². The second-order valence-electron chi connectivity index (χ2n) is 6.52. The lowest BCUT2D eigenvalue weighted by Crippen LogP contribution is -2.45. The second kappa shape index (κ2) is 5.76. The van der Waals surface area contributed by atoms with Gasteiger partial charge in [-0.1, -0.05) is 18.6 Å². The van der Waals surface area contributed by atoms with Crippen molar-refractivity contribution in [2.45, 2.75) is 44.7 Å². The second-order valence-corrected chi connectivity index (χ2v) is 6.52. The summed E-state index contributed by atoms with van der Waals surface area (Å²) in [5, 5.41) is 9.59. The van der Waals surface area contributed by atoms with E-state index in [1.54, 1.807) is 12.1 Å².